The Balaban J connectivity index is 0.000000980. The molecule has 0 aromatic heterocycles. The molecular formula is C11H16ClNO. The summed E-state index contributed by atoms with van der Waals surface area (Å²) in [5.41, 5.74) is 1.33. The normalized spacial score (nSPS) is 19.5. The zero-order valence-corrected chi connectivity index (χ0v) is 9.38. The fourth-order valence-electron chi connectivity index (χ4n) is 1.64. The summed E-state index contributed by atoms with van der Waals surface area (Å²) in [6, 6.07) is 8.80. The Kier molecular flexibility index (Phi) is 3.78. The first-order valence-corrected chi connectivity index (χ1v) is 4.64. The van der Waals surface area contributed by atoms with E-state index in [2.05, 4.69) is 31.1 Å². The highest BCUT2D eigenvalue weighted by Crippen LogP contribution is 2.24. The summed E-state index contributed by atoms with van der Waals surface area (Å²) < 4.78 is 5.66. The second kappa shape index (κ2) is 4.67. The van der Waals surface area contributed by atoms with E-state index in [0.717, 1.165) is 18.8 Å². The highest BCUT2D eigenvalue weighted by molar-refractivity contribution is 5.85. The molecule has 2 nitrogen and oxygen atoms in total. The summed E-state index contributed by atoms with van der Waals surface area (Å²) in [6.07, 6.45) is 1.10. The third kappa shape index (κ3) is 2.20. The molecule has 3 heteroatoms. The molecule has 1 atom stereocenters. The van der Waals surface area contributed by atoms with Crippen LogP contribution in [0, 0.1) is 0 Å². The third-order valence-corrected chi connectivity index (χ3v) is 2.59. The van der Waals surface area contributed by atoms with Gasteiger partial charge in [-0.05, 0) is 32.1 Å². The Bertz CT molecular complexity index is 301. The lowest BCUT2D eigenvalue weighted by Crippen LogP contribution is -2.38. The third-order valence-electron chi connectivity index (χ3n) is 2.59. The average molecular weight is 214 g/mol. The lowest BCUT2D eigenvalue weighted by molar-refractivity contribution is 0.165. The molecule has 0 amide bonds. The SMILES string of the molecule is CN(C)C1COc2ccccc2C1.Cl. The number of benzene rings is 1. The molecule has 1 aliphatic rings. The molecule has 14 heavy (non-hydrogen) atoms. The van der Waals surface area contributed by atoms with Crippen LogP contribution in [0.4, 0.5) is 0 Å². The Morgan fingerprint density at radius 2 is 2.00 bits per heavy atom. The first-order chi connectivity index (χ1) is 6.27. The number of fused-ring (bicyclic) bond motifs is 1. The molecule has 78 valence electrons. The van der Waals surface area contributed by atoms with E-state index in [1.165, 1.54) is 5.56 Å². The van der Waals surface area contributed by atoms with E-state index in [-0.39, 0.29) is 12.4 Å². The fourth-order valence-corrected chi connectivity index (χ4v) is 1.64. The van der Waals surface area contributed by atoms with E-state index in [4.69, 9.17) is 4.74 Å². The van der Waals surface area contributed by atoms with Gasteiger partial charge in [0.05, 0.1) is 0 Å². The van der Waals surface area contributed by atoms with Crippen LogP contribution in [0.25, 0.3) is 0 Å². The maximum absolute atomic E-state index is 5.66. The summed E-state index contributed by atoms with van der Waals surface area (Å²) in [7, 11) is 4.20. The van der Waals surface area contributed by atoms with Crippen molar-refractivity contribution in [3.8, 4) is 5.75 Å². The smallest absolute Gasteiger partial charge is 0.122 e. The molecule has 0 radical (unpaired) electrons. The van der Waals surface area contributed by atoms with Gasteiger partial charge in [0, 0.05) is 6.04 Å². The van der Waals surface area contributed by atoms with Crippen LogP contribution in [0.2, 0.25) is 0 Å². The zero-order chi connectivity index (χ0) is 9.26. The van der Waals surface area contributed by atoms with E-state index in [9.17, 15) is 0 Å². The number of rotatable bonds is 1. The molecule has 0 bridgehead atoms. The summed E-state index contributed by atoms with van der Waals surface area (Å²) in [6.45, 7) is 0.810. The number of hydrogen-bond acceptors (Lipinski definition) is 2. The van der Waals surface area contributed by atoms with E-state index < -0.39 is 0 Å². The number of hydrogen-bond donors (Lipinski definition) is 0. The highest BCUT2D eigenvalue weighted by atomic mass is 35.5. The van der Waals surface area contributed by atoms with Crippen molar-refractivity contribution in [1.82, 2.24) is 4.90 Å². The lowest BCUT2D eigenvalue weighted by Gasteiger charge is -2.29. The Hall–Kier alpha value is -0.730. The Morgan fingerprint density at radius 1 is 1.29 bits per heavy atom. The molecule has 2 rings (SSSR count). The van der Waals surface area contributed by atoms with Gasteiger partial charge in [-0.15, -0.1) is 12.4 Å². The lowest BCUT2D eigenvalue weighted by atomic mass is 10.0. The molecule has 0 spiro atoms. The maximum atomic E-state index is 5.66. The van der Waals surface area contributed by atoms with Crippen LogP contribution in [-0.4, -0.2) is 31.6 Å². The molecule has 1 unspecified atom stereocenters. The number of ether oxygens (including phenoxy) is 1. The van der Waals surface area contributed by atoms with Crippen molar-refractivity contribution in [3.05, 3.63) is 29.8 Å². The van der Waals surface area contributed by atoms with Gasteiger partial charge in [0.1, 0.15) is 12.4 Å². The largest absolute Gasteiger partial charge is 0.492 e. The van der Waals surface area contributed by atoms with Crippen LogP contribution < -0.4 is 4.74 Å². The second-order valence-electron chi connectivity index (χ2n) is 3.74. The highest BCUT2D eigenvalue weighted by Gasteiger charge is 2.20. The number of nitrogens with zero attached hydrogens (tertiary/aromatic N) is 1. The predicted molar refractivity (Wildman–Crippen MR) is 60.4 cm³/mol. The van der Waals surface area contributed by atoms with Gasteiger partial charge in [-0.1, -0.05) is 18.2 Å². The molecule has 1 aliphatic heterocycles. The van der Waals surface area contributed by atoms with Gasteiger partial charge >= 0.3 is 0 Å². The van der Waals surface area contributed by atoms with Crippen molar-refractivity contribution >= 4 is 12.4 Å². The first kappa shape index (κ1) is 11.3. The standard InChI is InChI=1S/C11H15NO.ClH/c1-12(2)10-7-9-5-3-4-6-11(9)13-8-10;/h3-6,10H,7-8H2,1-2H3;1H. The van der Waals surface area contributed by atoms with Crippen LogP contribution in [-0.2, 0) is 6.42 Å². The first-order valence-electron chi connectivity index (χ1n) is 4.64. The minimum atomic E-state index is 0. The van der Waals surface area contributed by atoms with Gasteiger partial charge < -0.3 is 9.64 Å². The van der Waals surface area contributed by atoms with Gasteiger partial charge in [-0.2, -0.15) is 0 Å². The minimum absolute atomic E-state index is 0. The van der Waals surface area contributed by atoms with Crippen LogP contribution in [0.15, 0.2) is 24.3 Å². The zero-order valence-electron chi connectivity index (χ0n) is 8.56. The molecule has 0 saturated carbocycles. The summed E-state index contributed by atoms with van der Waals surface area (Å²) in [5, 5.41) is 0. The quantitative estimate of drug-likeness (QED) is 0.708. The number of likely N-dealkylation sites (N-methyl/N-ethyl adjacent to an activating group) is 1. The van der Waals surface area contributed by atoms with E-state index in [0.29, 0.717) is 6.04 Å². The van der Waals surface area contributed by atoms with Gasteiger partial charge in [-0.3, -0.25) is 0 Å². The minimum Gasteiger partial charge on any atom is -0.492 e. The number of para-hydroxylation sites is 1. The fraction of sp³-hybridized carbons (Fsp3) is 0.455. The molecule has 0 aliphatic carbocycles. The molecule has 1 heterocycles. The summed E-state index contributed by atoms with van der Waals surface area (Å²) in [4.78, 5) is 2.22. The maximum Gasteiger partial charge on any atom is 0.122 e. The monoisotopic (exact) mass is 213 g/mol. The van der Waals surface area contributed by atoms with Crippen LogP contribution in [0.5, 0.6) is 5.75 Å². The van der Waals surface area contributed by atoms with Gasteiger partial charge in [0.15, 0.2) is 0 Å². The van der Waals surface area contributed by atoms with E-state index in [1.807, 2.05) is 12.1 Å². The number of halogens is 1. The molecular weight excluding hydrogens is 198 g/mol. The van der Waals surface area contributed by atoms with Crippen molar-refractivity contribution in [3.63, 3.8) is 0 Å². The van der Waals surface area contributed by atoms with Crippen LogP contribution >= 0.6 is 12.4 Å². The Morgan fingerprint density at radius 3 is 2.71 bits per heavy atom. The second-order valence-corrected chi connectivity index (χ2v) is 3.74. The van der Waals surface area contributed by atoms with Crippen LogP contribution in [0.3, 0.4) is 0 Å². The van der Waals surface area contributed by atoms with Crippen molar-refractivity contribution in [1.29, 1.82) is 0 Å². The Labute approximate surface area is 91.3 Å². The van der Waals surface area contributed by atoms with Crippen molar-refractivity contribution in [2.75, 3.05) is 20.7 Å². The summed E-state index contributed by atoms with van der Waals surface area (Å²) in [5.74, 6) is 1.06. The van der Waals surface area contributed by atoms with Crippen LogP contribution in [0.1, 0.15) is 5.56 Å². The van der Waals surface area contributed by atoms with Crippen molar-refractivity contribution in [2.45, 2.75) is 12.5 Å². The van der Waals surface area contributed by atoms with Gasteiger partial charge in [0.2, 0.25) is 0 Å². The van der Waals surface area contributed by atoms with Crippen molar-refractivity contribution in [2.24, 2.45) is 0 Å². The van der Waals surface area contributed by atoms with E-state index >= 15 is 0 Å². The van der Waals surface area contributed by atoms with Gasteiger partial charge in [-0.25, -0.2) is 0 Å². The molecule has 1 aromatic rings. The van der Waals surface area contributed by atoms with Gasteiger partial charge in [0.25, 0.3) is 0 Å². The van der Waals surface area contributed by atoms with E-state index in [1.54, 1.807) is 0 Å². The molecule has 1 aromatic carbocycles. The topological polar surface area (TPSA) is 12.5 Å². The van der Waals surface area contributed by atoms with Crippen molar-refractivity contribution < 1.29 is 4.74 Å². The average Bonchev–Trinajstić information content (AvgIpc) is 2.17. The molecule has 0 N–H and O–H groups in total. The molecule has 0 fully saturated rings. The molecule has 0 saturated heterocycles. The predicted octanol–water partition coefficient (Wildman–Crippen LogP) is 1.97. The summed E-state index contributed by atoms with van der Waals surface area (Å²) >= 11 is 0.